The van der Waals surface area contributed by atoms with Gasteiger partial charge in [-0.25, -0.2) is 8.42 Å². The van der Waals surface area contributed by atoms with Crippen LogP contribution in [0, 0.1) is 0 Å². The Morgan fingerprint density at radius 1 is 1.19 bits per heavy atom. The van der Waals surface area contributed by atoms with Crippen molar-refractivity contribution in [2.24, 2.45) is 4.99 Å². The SMILES string of the molecule is CN=C(NCCS(=O)(=O)C(C)(C)C)N1CCN(C(=O)C2CCCO2)CC1.I. The van der Waals surface area contributed by atoms with Gasteiger partial charge < -0.3 is 19.9 Å². The summed E-state index contributed by atoms with van der Waals surface area (Å²) in [5.74, 6) is 0.826. The molecule has 8 nitrogen and oxygen atoms in total. The van der Waals surface area contributed by atoms with Gasteiger partial charge in [0.1, 0.15) is 6.10 Å². The van der Waals surface area contributed by atoms with E-state index in [1.54, 1.807) is 27.8 Å². The van der Waals surface area contributed by atoms with Crippen molar-refractivity contribution in [3.05, 3.63) is 0 Å². The fourth-order valence-corrected chi connectivity index (χ4v) is 4.03. The molecule has 2 rings (SSSR count). The molecule has 0 aliphatic carbocycles. The first kappa shape index (κ1) is 24.4. The van der Waals surface area contributed by atoms with E-state index in [4.69, 9.17) is 4.74 Å². The number of sulfone groups is 1. The van der Waals surface area contributed by atoms with Gasteiger partial charge in [-0.1, -0.05) is 0 Å². The van der Waals surface area contributed by atoms with Gasteiger partial charge in [0, 0.05) is 46.4 Å². The number of rotatable bonds is 4. The Balaban J connectivity index is 0.00000364. The number of piperazine rings is 1. The van der Waals surface area contributed by atoms with E-state index in [0.29, 0.717) is 45.3 Å². The van der Waals surface area contributed by atoms with E-state index in [0.717, 1.165) is 12.8 Å². The predicted octanol–water partition coefficient (Wildman–Crippen LogP) is 0.716. The summed E-state index contributed by atoms with van der Waals surface area (Å²) in [7, 11) is -1.48. The summed E-state index contributed by atoms with van der Waals surface area (Å²) in [6.07, 6.45) is 1.48. The van der Waals surface area contributed by atoms with Crippen LogP contribution in [0.3, 0.4) is 0 Å². The first-order valence-corrected chi connectivity index (χ1v) is 10.9. The van der Waals surface area contributed by atoms with E-state index in [2.05, 4.69) is 15.2 Å². The molecule has 2 aliphatic heterocycles. The van der Waals surface area contributed by atoms with Gasteiger partial charge in [-0.05, 0) is 33.6 Å². The van der Waals surface area contributed by atoms with E-state index >= 15 is 0 Å². The number of amides is 1. The van der Waals surface area contributed by atoms with Crippen LogP contribution in [0.15, 0.2) is 4.99 Å². The summed E-state index contributed by atoms with van der Waals surface area (Å²) in [6.45, 7) is 8.71. The average Bonchev–Trinajstić information content (AvgIpc) is 3.12. The zero-order chi connectivity index (χ0) is 19.4. The number of nitrogens with one attached hydrogen (secondary N) is 1. The molecule has 0 aromatic carbocycles. The molecule has 1 unspecified atom stereocenters. The van der Waals surface area contributed by atoms with Crippen molar-refractivity contribution >= 4 is 45.7 Å². The highest BCUT2D eigenvalue weighted by atomic mass is 127. The highest BCUT2D eigenvalue weighted by Gasteiger charge is 2.31. The van der Waals surface area contributed by atoms with Gasteiger partial charge in [-0.2, -0.15) is 0 Å². The van der Waals surface area contributed by atoms with Crippen molar-refractivity contribution in [3.63, 3.8) is 0 Å². The number of halogens is 1. The Morgan fingerprint density at radius 3 is 2.26 bits per heavy atom. The van der Waals surface area contributed by atoms with Crippen molar-refractivity contribution in [1.29, 1.82) is 0 Å². The van der Waals surface area contributed by atoms with Crippen LogP contribution in [0.1, 0.15) is 33.6 Å². The van der Waals surface area contributed by atoms with Crippen LogP contribution >= 0.6 is 24.0 Å². The molecule has 1 atom stereocenters. The number of aliphatic imine (C=N–C) groups is 1. The third-order valence-electron chi connectivity index (χ3n) is 4.89. The molecule has 1 amide bonds. The number of hydrogen-bond acceptors (Lipinski definition) is 5. The standard InChI is InChI=1S/C17H32N4O4S.HI/c1-17(2,3)26(23,24)13-7-19-16(18-4)21-10-8-20(9-11-21)15(22)14-6-5-12-25-14;/h14H,5-13H2,1-4H3,(H,18,19);1H. The minimum absolute atomic E-state index is 0. The monoisotopic (exact) mass is 516 g/mol. The summed E-state index contributed by atoms with van der Waals surface area (Å²) < 4.78 is 29.1. The molecule has 27 heavy (non-hydrogen) atoms. The average molecular weight is 516 g/mol. The normalized spacial score (nSPS) is 21.8. The van der Waals surface area contributed by atoms with Crippen LogP contribution < -0.4 is 5.32 Å². The van der Waals surface area contributed by atoms with Crippen molar-refractivity contribution < 1.29 is 17.9 Å². The van der Waals surface area contributed by atoms with Crippen LogP contribution in [0.4, 0.5) is 0 Å². The van der Waals surface area contributed by atoms with E-state index in [-0.39, 0.29) is 41.7 Å². The van der Waals surface area contributed by atoms with Crippen molar-refractivity contribution in [2.45, 2.75) is 44.5 Å². The second-order valence-electron chi connectivity index (χ2n) is 7.72. The summed E-state index contributed by atoms with van der Waals surface area (Å²) >= 11 is 0. The Hall–Kier alpha value is -0.620. The fraction of sp³-hybridized carbons (Fsp3) is 0.882. The molecule has 0 spiro atoms. The largest absolute Gasteiger partial charge is 0.368 e. The summed E-state index contributed by atoms with van der Waals surface area (Å²) in [6, 6.07) is 0. The molecular formula is C17H33IN4O4S. The lowest BCUT2D eigenvalue weighted by Gasteiger charge is -2.37. The lowest BCUT2D eigenvalue weighted by Crippen LogP contribution is -2.55. The molecule has 2 saturated heterocycles. The van der Waals surface area contributed by atoms with Gasteiger partial charge in [0.25, 0.3) is 5.91 Å². The molecule has 1 N–H and O–H groups in total. The molecule has 2 aliphatic rings. The summed E-state index contributed by atoms with van der Waals surface area (Å²) in [5, 5.41) is 3.14. The number of carbonyl (C=O) groups excluding carboxylic acids is 1. The Labute approximate surface area is 180 Å². The lowest BCUT2D eigenvalue weighted by atomic mass is 10.2. The van der Waals surface area contributed by atoms with Crippen LogP contribution in [0.5, 0.6) is 0 Å². The van der Waals surface area contributed by atoms with Gasteiger partial charge in [-0.3, -0.25) is 9.79 Å². The number of ether oxygens (including phenoxy) is 1. The molecule has 10 heteroatoms. The molecule has 2 fully saturated rings. The molecule has 158 valence electrons. The maximum atomic E-state index is 12.4. The topological polar surface area (TPSA) is 91.3 Å². The molecule has 0 saturated carbocycles. The van der Waals surface area contributed by atoms with Crippen molar-refractivity contribution in [3.8, 4) is 0 Å². The van der Waals surface area contributed by atoms with Gasteiger partial charge in [0.05, 0.1) is 10.5 Å². The summed E-state index contributed by atoms with van der Waals surface area (Å²) in [5.41, 5.74) is 0. The summed E-state index contributed by atoms with van der Waals surface area (Å²) in [4.78, 5) is 20.6. The van der Waals surface area contributed by atoms with Crippen LogP contribution in [0.2, 0.25) is 0 Å². The van der Waals surface area contributed by atoms with Crippen molar-refractivity contribution in [2.75, 3.05) is 52.1 Å². The number of carbonyl (C=O) groups is 1. The molecule has 0 aromatic rings. The van der Waals surface area contributed by atoms with Gasteiger partial charge in [0.2, 0.25) is 0 Å². The maximum Gasteiger partial charge on any atom is 0.251 e. The van der Waals surface area contributed by atoms with Crippen LogP contribution in [-0.2, 0) is 19.4 Å². The van der Waals surface area contributed by atoms with E-state index in [1.165, 1.54) is 0 Å². The van der Waals surface area contributed by atoms with E-state index in [9.17, 15) is 13.2 Å². The first-order valence-electron chi connectivity index (χ1n) is 9.24. The molecule has 2 heterocycles. The fourth-order valence-electron chi connectivity index (χ4n) is 3.05. The zero-order valence-corrected chi connectivity index (χ0v) is 19.9. The van der Waals surface area contributed by atoms with Gasteiger partial charge in [-0.15, -0.1) is 24.0 Å². The Morgan fingerprint density at radius 2 is 1.78 bits per heavy atom. The van der Waals surface area contributed by atoms with Crippen LogP contribution in [-0.4, -0.2) is 93.1 Å². The van der Waals surface area contributed by atoms with E-state index < -0.39 is 14.6 Å². The first-order chi connectivity index (χ1) is 12.2. The highest BCUT2D eigenvalue weighted by molar-refractivity contribution is 14.0. The minimum atomic E-state index is -3.16. The maximum absolute atomic E-state index is 12.4. The van der Waals surface area contributed by atoms with Crippen LogP contribution in [0.25, 0.3) is 0 Å². The predicted molar refractivity (Wildman–Crippen MR) is 117 cm³/mol. The molecule has 0 radical (unpaired) electrons. The van der Waals surface area contributed by atoms with Gasteiger partial charge in [0.15, 0.2) is 15.8 Å². The second kappa shape index (κ2) is 10.2. The lowest BCUT2D eigenvalue weighted by molar-refractivity contribution is -0.142. The third kappa shape index (κ3) is 6.45. The van der Waals surface area contributed by atoms with Crippen molar-refractivity contribution in [1.82, 2.24) is 15.1 Å². The molecule has 0 aromatic heterocycles. The second-order valence-corrected chi connectivity index (χ2v) is 10.6. The number of guanidine groups is 1. The van der Waals surface area contributed by atoms with Gasteiger partial charge >= 0.3 is 0 Å². The smallest absolute Gasteiger partial charge is 0.251 e. The quantitative estimate of drug-likeness (QED) is 0.337. The highest BCUT2D eigenvalue weighted by Crippen LogP contribution is 2.17. The number of hydrogen-bond donors (Lipinski definition) is 1. The third-order valence-corrected chi connectivity index (χ3v) is 7.50. The molecule has 0 bridgehead atoms. The van der Waals surface area contributed by atoms with E-state index in [1.807, 2.05) is 4.90 Å². The Bertz CT molecular complexity index is 619. The minimum Gasteiger partial charge on any atom is -0.368 e. The Kier molecular flexibility index (Phi) is 9.26. The zero-order valence-electron chi connectivity index (χ0n) is 16.7. The number of nitrogens with zero attached hydrogens (tertiary/aromatic N) is 3. The molecular weight excluding hydrogens is 483 g/mol.